The van der Waals surface area contributed by atoms with E-state index in [1.807, 2.05) is 11.3 Å². The third kappa shape index (κ3) is 12.5. The van der Waals surface area contributed by atoms with Gasteiger partial charge in [-0.15, -0.1) is 11.3 Å². The Kier molecular flexibility index (Phi) is 19.0. The predicted octanol–water partition coefficient (Wildman–Crippen LogP) is 37.8. The minimum absolute atomic E-state index is 0.0572. The molecule has 0 aliphatic heterocycles. The first-order valence-corrected chi connectivity index (χ1v) is 54.4. The molecule has 0 amide bonds. The number of benzene rings is 18. The predicted molar refractivity (Wildman–Crippen MR) is 597 cm³/mol. The Labute approximate surface area is 846 Å². The Bertz CT molecular complexity index is 8270. The summed E-state index contributed by atoms with van der Waals surface area (Å²) in [6.45, 7) is 0. The van der Waals surface area contributed by atoms with Gasteiger partial charge in [0.15, 0.2) is 0 Å². The van der Waals surface area contributed by atoms with Crippen molar-refractivity contribution >= 4 is 127 Å². The molecule has 21 aromatic rings. The van der Waals surface area contributed by atoms with E-state index in [-0.39, 0.29) is 16.2 Å². The van der Waals surface area contributed by atoms with Gasteiger partial charge in [-0.1, -0.05) is 297 Å². The molecule has 0 unspecified atom stereocenters. The zero-order chi connectivity index (χ0) is 94.2. The molecule has 696 valence electrons. The number of anilines is 9. The number of nitrogens with zero attached hydrogens (tertiary/aromatic N) is 3. The van der Waals surface area contributed by atoms with Gasteiger partial charge in [-0.25, -0.2) is 0 Å². The smallest absolute Gasteiger partial charge is 0.137 e. The molecule has 0 saturated heterocycles. The second kappa shape index (κ2) is 32.6. The Hall–Kier alpha value is -14.8. The first kappa shape index (κ1) is 83.8. The van der Waals surface area contributed by atoms with Crippen molar-refractivity contribution in [3.05, 3.63) is 452 Å². The third-order valence-corrected chi connectivity index (χ3v) is 39.0. The molecule has 0 radical (unpaired) electrons. The number of rotatable bonds is 12. The van der Waals surface area contributed by atoms with Crippen LogP contribution in [0.4, 0.5) is 51.2 Å². The molecule has 36 rings (SSSR count). The van der Waals surface area contributed by atoms with Crippen LogP contribution < -0.4 is 14.7 Å². The molecule has 15 aliphatic rings. The zero-order valence-electron chi connectivity index (χ0n) is 80.9. The summed E-state index contributed by atoms with van der Waals surface area (Å²) in [5, 5.41) is 7.36. The molecular weight excluding hydrogens is 1760 g/mol. The Morgan fingerprint density at radius 2 is 0.465 bits per heavy atom. The van der Waals surface area contributed by atoms with Gasteiger partial charge in [0.05, 0.1) is 17.1 Å². The fourth-order valence-corrected chi connectivity index (χ4v) is 34.4. The lowest BCUT2D eigenvalue weighted by Gasteiger charge is -2.61. The Morgan fingerprint density at radius 1 is 0.188 bits per heavy atom. The van der Waals surface area contributed by atoms with Crippen LogP contribution in [0.5, 0.6) is 0 Å². The Balaban J connectivity index is 0.0000000986. The molecule has 12 saturated carbocycles. The molecule has 12 fully saturated rings. The first-order valence-electron chi connectivity index (χ1n) is 53.6. The van der Waals surface area contributed by atoms with Gasteiger partial charge in [0.1, 0.15) is 22.3 Å². The van der Waals surface area contributed by atoms with E-state index in [9.17, 15) is 0 Å². The van der Waals surface area contributed by atoms with Crippen LogP contribution in [0.1, 0.15) is 130 Å². The summed E-state index contributed by atoms with van der Waals surface area (Å²) in [5.41, 5.74) is 40.8. The summed E-state index contributed by atoms with van der Waals surface area (Å²) < 4.78 is 15.5. The molecule has 3 spiro atoms. The average Bonchev–Trinajstić information content (AvgIpc) is 1.51. The highest BCUT2D eigenvalue weighted by atomic mass is 32.1. The van der Waals surface area contributed by atoms with Crippen LogP contribution in [0.2, 0.25) is 0 Å². The molecule has 6 heteroatoms. The second-order valence-electron chi connectivity index (χ2n) is 44.8. The largest absolute Gasteiger partial charge is 0.456 e. The number of furan rings is 2. The molecule has 3 heterocycles. The molecule has 3 aromatic heterocycles. The van der Waals surface area contributed by atoms with E-state index >= 15 is 0 Å². The van der Waals surface area contributed by atoms with Crippen LogP contribution in [-0.4, -0.2) is 0 Å². The SMILES string of the molecule is c1ccc(-c2ccc(N(c3ccc4c(c3)oc3ccccc34)c3cccc4c3C3(c5ccccc5-4)C4CC5CC(C4)CC3C5)cc2)cc1.c1ccc(-c2ccc(N(c3ccc4c(c3)sc3ccccc34)c3cccc4c3C3(c5ccccc5-4)C4CC5CC(C4)CC3C5)cc2)cc1.c1ccc(-c2ccc(N(c3ccc4oc5ccccc5c4c3)c3cccc4c3C3(c5ccccc5-4)C4CC5CC(C4)CC3C5)cc2)cc1. The van der Waals surface area contributed by atoms with Gasteiger partial charge in [-0.05, 0) is 383 Å². The van der Waals surface area contributed by atoms with Crippen molar-refractivity contribution in [2.75, 3.05) is 14.7 Å². The zero-order valence-corrected chi connectivity index (χ0v) is 81.8. The molecular formula is C138H111N3O2S. The summed E-state index contributed by atoms with van der Waals surface area (Å²) in [6, 6.07) is 156. The lowest BCUT2D eigenvalue weighted by atomic mass is 9.43. The van der Waals surface area contributed by atoms with Crippen LogP contribution >= 0.6 is 11.3 Å². The van der Waals surface area contributed by atoms with E-state index in [0.717, 1.165) is 79.7 Å². The molecule has 144 heavy (non-hydrogen) atoms. The van der Waals surface area contributed by atoms with Gasteiger partial charge >= 0.3 is 0 Å². The highest BCUT2D eigenvalue weighted by Gasteiger charge is 2.66. The summed E-state index contributed by atoms with van der Waals surface area (Å²) >= 11 is 1.91. The van der Waals surface area contributed by atoms with Crippen molar-refractivity contribution < 1.29 is 8.83 Å². The van der Waals surface area contributed by atoms with Gasteiger partial charge in [-0.3, -0.25) is 0 Å². The van der Waals surface area contributed by atoms with Crippen molar-refractivity contribution in [3.8, 4) is 66.8 Å². The average molecular weight is 1880 g/mol. The highest BCUT2D eigenvalue weighted by Crippen LogP contribution is 2.76. The van der Waals surface area contributed by atoms with E-state index in [0.29, 0.717) is 35.5 Å². The van der Waals surface area contributed by atoms with E-state index < -0.39 is 0 Å². The van der Waals surface area contributed by atoms with Crippen LogP contribution in [0.25, 0.3) is 131 Å². The standard InChI is InChI=1S/2C46H37NO.C46H37NS/c1-2-9-31(10-3-1)32-17-19-35(20-18-32)47(36-21-22-39-38-12-5-7-16-43(38)48-44(39)28-36)42-15-8-13-40-37-11-4-6-14-41(37)46(45(40)42)33-24-29-23-30(26-33)27-34(46)25-29;1-2-9-31(10-3-1)32-17-19-35(20-18-32)47(36-21-22-44-40(28-36)38-12-5-7-16-43(38)48-44)42-15-8-13-39-37-11-4-6-14-41(37)46(45(39)42)33-24-29-23-30(26-33)27-34(46)25-29;1-2-9-31(10-3-1)32-17-19-35(20-18-32)47(36-21-22-39-38-12-5-7-16-43(38)48-44(39)28-36)42-15-8-13-40-37-11-4-6-14-41(37)46(45(40)42)33-24-29-23-30(26-33)27-34(46)25-29/h3*1-22,28-30,33-34H,23-27H2. The normalized spacial score (nSPS) is 24.8. The van der Waals surface area contributed by atoms with Gasteiger partial charge in [0.25, 0.3) is 0 Å². The van der Waals surface area contributed by atoms with Gasteiger partial charge in [0.2, 0.25) is 0 Å². The van der Waals surface area contributed by atoms with E-state index in [1.165, 1.54) is 234 Å². The number of para-hydroxylation sites is 2. The van der Waals surface area contributed by atoms with E-state index in [1.54, 1.807) is 33.4 Å². The molecule has 0 N–H and O–H groups in total. The monoisotopic (exact) mass is 1870 g/mol. The summed E-state index contributed by atoms with van der Waals surface area (Å²) in [5.74, 6) is 9.64. The highest BCUT2D eigenvalue weighted by molar-refractivity contribution is 7.25. The van der Waals surface area contributed by atoms with Crippen molar-refractivity contribution in [1.29, 1.82) is 0 Å². The lowest BCUT2D eigenvalue weighted by molar-refractivity contribution is -0.0397. The maximum atomic E-state index is 6.50. The lowest BCUT2D eigenvalue weighted by Crippen LogP contribution is -2.55. The van der Waals surface area contributed by atoms with Crippen molar-refractivity contribution in [2.45, 2.75) is 113 Å². The Morgan fingerprint density at radius 3 is 0.868 bits per heavy atom. The minimum Gasteiger partial charge on any atom is -0.456 e. The topological polar surface area (TPSA) is 36.0 Å². The quantitative estimate of drug-likeness (QED) is 0.122. The fourth-order valence-electron chi connectivity index (χ4n) is 33.3. The number of hydrogen-bond donors (Lipinski definition) is 0. The summed E-state index contributed by atoms with van der Waals surface area (Å²) in [4.78, 5) is 7.71. The van der Waals surface area contributed by atoms with Crippen molar-refractivity contribution in [3.63, 3.8) is 0 Å². The first-order chi connectivity index (χ1) is 71.3. The minimum atomic E-state index is 0.0572. The summed E-state index contributed by atoms with van der Waals surface area (Å²) in [7, 11) is 0. The number of thiophene rings is 1. The maximum absolute atomic E-state index is 6.50. The molecule has 12 bridgehead atoms. The van der Waals surface area contributed by atoms with Crippen LogP contribution in [0.15, 0.2) is 427 Å². The molecule has 18 aromatic carbocycles. The third-order valence-electron chi connectivity index (χ3n) is 37.9. The van der Waals surface area contributed by atoms with Gasteiger partial charge < -0.3 is 23.5 Å². The van der Waals surface area contributed by atoms with E-state index in [2.05, 4.69) is 433 Å². The van der Waals surface area contributed by atoms with Gasteiger partial charge in [-0.2, -0.15) is 0 Å². The van der Waals surface area contributed by atoms with Crippen molar-refractivity contribution in [1.82, 2.24) is 0 Å². The maximum Gasteiger partial charge on any atom is 0.137 e. The molecule has 15 aliphatic carbocycles. The van der Waals surface area contributed by atoms with Crippen molar-refractivity contribution in [2.24, 2.45) is 71.0 Å². The number of fused-ring (bicyclic) bond motifs is 18. The molecule has 0 atom stereocenters. The van der Waals surface area contributed by atoms with Gasteiger partial charge in [0, 0.05) is 98.2 Å². The second-order valence-corrected chi connectivity index (χ2v) is 45.9. The summed E-state index contributed by atoms with van der Waals surface area (Å²) in [6.07, 6.45) is 20.9. The fraction of sp³-hybridized carbons (Fsp3) is 0.217. The van der Waals surface area contributed by atoms with E-state index in [4.69, 9.17) is 8.83 Å². The van der Waals surface area contributed by atoms with Crippen LogP contribution in [0, 0.1) is 71.0 Å². The molecule has 5 nitrogen and oxygen atoms in total. The van der Waals surface area contributed by atoms with Crippen LogP contribution in [0.3, 0.4) is 0 Å². The van der Waals surface area contributed by atoms with Crippen LogP contribution in [-0.2, 0) is 16.2 Å². The number of hydrogen-bond acceptors (Lipinski definition) is 6.